The fourth-order valence-electron chi connectivity index (χ4n) is 6.41. The molecule has 0 bridgehead atoms. The average molecular weight is 602 g/mol. The van der Waals surface area contributed by atoms with Crippen LogP contribution < -0.4 is 20.5 Å². The van der Waals surface area contributed by atoms with Crippen molar-refractivity contribution in [1.82, 2.24) is 19.9 Å². The fraction of sp³-hybridized carbons (Fsp3) is 0.438. The van der Waals surface area contributed by atoms with E-state index in [0.717, 1.165) is 55.3 Å². The summed E-state index contributed by atoms with van der Waals surface area (Å²) in [6.45, 7) is 3.59. The van der Waals surface area contributed by atoms with Gasteiger partial charge in [-0.15, -0.1) is 11.3 Å². The van der Waals surface area contributed by atoms with Gasteiger partial charge < -0.3 is 25.6 Å². The molecule has 4 N–H and O–H groups in total. The van der Waals surface area contributed by atoms with E-state index in [1.54, 1.807) is 20.0 Å². The van der Waals surface area contributed by atoms with Crippen LogP contribution in [0, 0.1) is 5.41 Å². The minimum atomic E-state index is -0.948. The van der Waals surface area contributed by atoms with E-state index in [-0.39, 0.29) is 30.1 Å². The number of pyridine rings is 1. The minimum Gasteiger partial charge on any atom is -0.489 e. The van der Waals surface area contributed by atoms with Gasteiger partial charge in [0.05, 0.1) is 28.6 Å². The number of thiazole rings is 1. The molecule has 7 rings (SSSR count). The van der Waals surface area contributed by atoms with E-state index in [1.165, 1.54) is 11.3 Å². The van der Waals surface area contributed by atoms with Crippen LogP contribution in [-0.4, -0.2) is 55.9 Å². The summed E-state index contributed by atoms with van der Waals surface area (Å²) >= 11 is 1.25. The number of nitrogens with zero attached hydrogens (tertiary/aromatic N) is 3. The van der Waals surface area contributed by atoms with Crippen LogP contribution in [0.5, 0.6) is 11.6 Å². The molecule has 3 fully saturated rings. The third kappa shape index (κ3) is 5.47. The molecule has 3 saturated carbocycles. The molecule has 0 atom stereocenters. The molecule has 224 valence electrons. The summed E-state index contributed by atoms with van der Waals surface area (Å²) in [6, 6.07) is 13.5. The van der Waals surface area contributed by atoms with E-state index in [2.05, 4.69) is 15.4 Å². The predicted molar refractivity (Wildman–Crippen MR) is 162 cm³/mol. The highest BCUT2D eigenvalue weighted by Crippen LogP contribution is 2.57. The molecule has 2 amide bonds. The van der Waals surface area contributed by atoms with Crippen LogP contribution in [0.1, 0.15) is 84.0 Å². The van der Waals surface area contributed by atoms with E-state index in [4.69, 9.17) is 15.2 Å². The summed E-state index contributed by atoms with van der Waals surface area (Å²) in [5.74, 6) is 0.685. The Balaban J connectivity index is 0.966. The SMILES string of the molecule is CC(C)(O)COc1ccc2c(C(=O)NC3CC4(C3)CC(Oc3nc(-c5ccccc5)sc3C(N)=O)C4)cnn2c1C1CC1. The van der Waals surface area contributed by atoms with E-state index < -0.39 is 11.5 Å². The number of carbonyl (C=O) groups excluding carboxylic acids is 2. The Morgan fingerprint density at radius 1 is 1.14 bits per heavy atom. The number of fused-ring (bicyclic) bond motifs is 1. The van der Waals surface area contributed by atoms with Crippen molar-refractivity contribution in [3.05, 3.63) is 64.8 Å². The fourth-order valence-corrected chi connectivity index (χ4v) is 7.27. The number of nitrogens with two attached hydrogens (primary N) is 1. The Bertz CT molecular complexity index is 1690. The number of primary amides is 1. The number of nitrogens with one attached hydrogen (secondary N) is 1. The quantitative estimate of drug-likeness (QED) is 0.239. The summed E-state index contributed by atoms with van der Waals surface area (Å²) in [7, 11) is 0. The number of benzene rings is 1. The molecule has 3 aliphatic carbocycles. The Kier molecular flexibility index (Phi) is 6.70. The second-order valence-electron chi connectivity index (χ2n) is 12.9. The van der Waals surface area contributed by atoms with Gasteiger partial charge in [-0.1, -0.05) is 30.3 Å². The van der Waals surface area contributed by atoms with Crippen molar-refractivity contribution in [2.75, 3.05) is 6.61 Å². The zero-order chi connectivity index (χ0) is 29.9. The van der Waals surface area contributed by atoms with Crippen LogP contribution in [0.15, 0.2) is 48.7 Å². The lowest BCUT2D eigenvalue weighted by atomic mass is 9.53. The van der Waals surface area contributed by atoms with E-state index >= 15 is 0 Å². The summed E-state index contributed by atoms with van der Waals surface area (Å²) in [5.41, 5.74) is 7.99. The highest BCUT2D eigenvalue weighted by molar-refractivity contribution is 7.17. The number of ether oxygens (including phenoxy) is 2. The normalized spacial score (nSPS) is 23.0. The monoisotopic (exact) mass is 601 g/mol. The van der Waals surface area contributed by atoms with Crippen molar-refractivity contribution in [1.29, 1.82) is 0 Å². The zero-order valence-electron chi connectivity index (χ0n) is 24.2. The molecule has 3 heterocycles. The maximum atomic E-state index is 13.3. The van der Waals surface area contributed by atoms with E-state index in [9.17, 15) is 14.7 Å². The van der Waals surface area contributed by atoms with Gasteiger partial charge in [0.25, 0.3) is 11.8 Å². The molecule has 4 aromatic rings. The Morgan fingerprint density at radius 2 is 1.88 bits per heavy atom. The highest BCUT2D eigenvalue weighted by atomic mass is 32.1. The van der Waals surface area contributed by atoms with Gasteiger partial charge in [-0.3, -0.25) is 9.59 Å². The van der Waals surface area contributed by atoms with E-state index in [1.807, 2.05) is 47.0 Å². The number of hydrogen-bond donors (Lipinski definition) is 3. The summed E-state index contributed by atoms with van der Waals surface area (Å²) in [6.07, 6.45) is 7.17. The van der Waals surface area contributed by atoms with Crippen molar-refractivity contribution in [3.8, 4) is 22.2 Å². The first-order valence-electron chi connectivity index (χ1n) is 14.8. The van der Waals surface area contributed by atoms with Gasteiger partial charge in [0.15, 0.2) is 4.88 Å². The first kappa shape index (κ1) is 27.8. The molecule has 3 aromatic heterocycles. The predicted octanol–water partition coefficient (Wildman–Crippen LogP) is 4.70. The number of carbonyl (C=O) groups is 2. The number of aliphatic hydroxyl groups is 1. The van der Waals surface area contributed by atoms with Crippen LogP contribution in [0.3, 0.4) is 0 Å². The third-order valence-corrected chi connectivity index (χ3v) is 9.70. The van der Waals surface area contributed by atoms with Gasteiger partial charge in [-0.05, 0) is 69.9 Å². The van der Waals surface area contributed by atoms with Crippen molar-refractivity contribution in [2.24, 2.45) is 11.1 Å². The number of hydrogen-bond acceptors (Lipinski definition) is 8. The van der Waals surface area contributed by atoms with Gasteiger partial charge >= 0.3 is 0 Å². The number of amides is 2. The molecule has 0 unspecified atom stereocenters. The molecule has 43 heavy (non-hydrogen) atoms. The van der Waals surface area contributed by atoms with Crippen molar-refractivity contribution in [2.45, 2.75) is 76.0 Å². The first-order chi connectivity index (χ1) is 20.6. The Labute approximate surface area is 253 Å². The van der Waals surface area contributed by atoms with Crippen LogP contribution in [0.4, 0.5) is 0 Å². The standard InChI is InChI=1S/C32H35N5O5S/c1-31(2,40)17-41-24-11-10-23-22(16-34-37(23)25(24)18-8-9-18)28(39)35-20-12-32(13-20)14-21(15-32)42-29-26(27(33)38)43-30(36-29)19-6-4-3-5-7-19/h3-7,10-11,16,18,20-21,40H,8-9,12-15,17H2,1-2H3,(H2,33,38)(H,35,39). The lowest BCUT2D eigenvalue weighted by Crippen LogP contribution is -2.58. The van der Waals surface area contributed by atoms with Gasteiger partial charge in [-0.25, -0.2) is 9.50 Å². The second-order valence-corrected chi connectivity index (χ2v) is 13.9. The summed E-state index contributed by atoms with van der Waals surface area (Å²) < 4.78 is 13.9. The second kappa shape index (κ2) is 10.3. The molecule has 0 saturated heterocycles. The maximum Gasteiger partial charge on any atom is 0.264 e. The van der Waals surface area contributed by atoms with Crippen molar-refractivity contribution in [3.63, 3.8) is 0 Å². The van der Waals surface area contributed by atoms with Crippen LogP contribution in [0.25, 0.3) is 16.1 Å². The van der Waals surface area contributed by atoms with Crippen LogP contribution in [-0.2, 0) is 0 Å². The summed E-state index contributed by atoms with van der Waals surface area (Å²) in [4.78, 5) is 30.3. The molecular weight excluding hydrogens is 566 g/mol. The highest BCUT2D eigenvalue weighted by Gasteiger charge is 2.54. The number of rotatable bonds is 10. The molecular formula is C32H35N5O5S. The maximum absolute atomic E-state index is 13.3. The smallest absolute Gasteiger partial charge is 0.264 e. The summed E-state index contributed by atoms with van der Waals surface area (Å²) in [5, 5.41) is 18.6. The van der Waals surface area contributed by atoms with Gasteiger partial charge in [-0.2, -0.15) is 5.10 Å². The van der Waals surface area contributed by atoms with Gasteiger partial charge in [0.2, 0.25) is 5.88 Å². The molecule has 11 heteroatoms. The number of aromatic nitrogens is 3. The zero-order valence-corrected chi connectivity index (χ0v) is 25.0. The topological polar surface area (TPSA) is 141 Å². The molecule has 1 spiro atoms. The van der Waals surface area contributed by atoms with Crippen molar-refractivity contribution < 1.29 is 24.2 Å². The Morgan fingerprint density at radius 3 is 2.56 bits per heavy atom. The molecule has 1 aromatic carbocycles. The molecule has 10 nitrogen and oxygen atoms in total. The molecule has 0 radical (unpaired) electrons. The lowest BCUT2D eigenvalue weighted by molar-refractivity contribution is -0.0845. The lowest BCUT2D eigenvalue weighted by Gasteiger charge is -2.57. The Hall–Kier alpha value is -3.96. The first-order valence-corrected chi connectivity index (χ1v) is 15.6. The average Bonchev–Trinajstić information content (AvgIpc) is 3.52. The molecule has 0 aliphatic heterocycles. The van der Waals surface area contributed by atoms with Crippen molar-refractivity contribution >= 4 is 28.7 Å². The van der Waals surface area contributed by atoms with E-state index in [0.29, 0.717) is 33.0 Å². The van der Waals surface area contributed by atoms with Crippen LogP contribution in [0.2, 0.25) is 0 Å². The largest absolute Gasteiger partial charge is 0.489 e. The minimum absolute atomic E-state index is 0.0336. The van der Waals surface area contributed by atoms with Gasteiger partial charge in [0, 0.05) is 17.5 Å². The van der Waals surface area contributed by atoms with Gasteiger partial charge in [0.1, 0.15) is 23.5 Å². The third-order valence-electron chi connectivity index (χ3n) is 8.60. The molecule has 3 aliphatic rings. The van der Waals surface area contributed by atoms with Crippen LogP contribution >= 0.6 is 11.3 Å².